The predicted octanol–water partition coefficient (Wildman–Crippen LogP) is 3.33. The molecule has 2 aromatic carbocycles. The van der Waals surface area contributed by atoms with Crippen molar-refractivity contribution in [3.63, 3.8) is 0 Å². The summed E-state index contributed by atoms with van der Waals surface area (Å²) in [5.41, 5.74) is 3.12. The zero-order valence-electron chi connectivity index (χ0n) is 9.10. The van der Waals surface area contributed by atoms with Gasteiger partial charge in [-0.2, -0.15) is 0 Å². The Bertz CT molecular complexity index is 474. The molecule has 2 rings (SSSR count). The first-order chi connectivity index (χ1) is 7.81. The van der Waals surface area contributed by atoms with E-state index in [4.69, 9.17) is 10.1 Å². The highest BCUT2D eigenvalue weighted by Crippen LogP contribution is 2.19. The lowest BCUT2D eigenvalue weighted by Gasteiger charge is -2.04. The average Bonchev–Trinajstić information content (AvgIpc) is 2.39. The van der Waals surface area contributed by atoms with E-state index < -0.39 is 0 Å². The SMILES string of the molecule is COC(=N)c1ccc(-c2ccccc2)cc1. The molecule has 0 atom stereocenters. The fourth-order valence-electron chi connectivity index (χ4n) is 1.56. The zero-order valence-corrected chi connectivity index (χ0v) is 9.10. The molecule has 0 heterocycles. The molecule has 0 aromatic heterocycles. The van der Waals surface area contributed by atoms with Crippen LogP contribution in [-0.2, 0) is 4.74 Å². The summed E-state index contributed by atoms with van der Waals surface area (Å²) >= 11 is 0. The minimum Gasteiger partial charge on any atom is -0.481 e. The van der Waals surface area contributed by atoms with E-state index in [-0.39, 0.29) is 5.90 Å². The smallest absolute Gasteiger partial charge is 0.212 e. The lowest BCUT2D eigenvalue weighted by molar-refractivity contribution is 0.401. The van der Waals surface area contributed by atoms with Crippen molar-refractivity contribution in [2.24, 2.45) is 0 Å². The van der Waals surface area contributed by atoms with Gasteiger partial charge in [-0.05, 0) is 23.3 Å². The van der Waals surface area contributed by atoms with Gasteiger partial charge in [-0.15, -0.1) is 0 Å². The van der Waals surface area contributed by atoms with E-state index in [9.17, 15) is 0 Å². The Morgan fingerprint density at radius 2 is 1.44 bits per heavy atom. The summed E-state index contributed by atoms with van der Waals surface area (Å²) < 4.78 is 4.87. The van der Waals surface area contributed by atoms with Crippen LogP contribution >= 0.6 is 0 Å². The molecule has 0 unspecified atom stereocenters. The highest BCUT2D eigenvalue weighted by atomic mass is 16.5. The molecule has 2 heteroatoms. The number of hydrogen-bond acceptors (Lipinski definition) is 2. The normalized spacial score (nSPS) is 9.81. The number of rotatable bonds is 2. The molecule has 16 heavy (non-hydrogen) atoms. The van der Waals surface area contributed by atoms with Crippen LogP contribution in [0, 0.1) is 5.41 Å². The Balaban J connectivity index is 2.30. The minimum absolute atomic E-state index is 0.194. The van der Waals surface area contributed by atoms with Gasteiger partial charge in [0.15, 0.2) is 0 Å². The molecule has 0 spiro atoms. The van der Waals surface area contributed by atoms with Crippen molar-refractivity contribution >= 4 is 5.90 Å². The number of ether oxygens (including phenoxy) is 1. The van der Waals surface area contributed by atoms with Gasteiger partial charge in [-0.25, -0.2) is 0 Å². The van der Waals surface area contributed by atoms with Crippen molar-refractivity contribution in [1.82, 2.24) is 0 Å². The van der Waals surface area contributed by atoms with Gasteiger partial charge in [0.25, 0.3) is 0 Å². The van der Waals surface area contributed by atoms with Crippen molar-refractivity contribution < 1.29 is 4.74 Å². The Morgan fingerprint density at radius 3 is 2.00 bits per heavy atom. The van der Waals surface area contributed by atoms with Crippen LogP contribution in [0.3, 0.4) is 0 Å². The van der Waals surface area contributed by atoms with Gasteiger partial charge in [0.05, 0.1) is 7.11 Å². The Morgan fingerprint density at radius 1 is 0.875 bits per heavy atom. The third-order valence-corrected chi connectivity index (χ3v) is 2.46. The molecule has 1 N–H and O–H groups in total. The van der Waals surface area contributed by atoms with E-state index in [1.54, 1.807) is 0 Å². The number of hydrogen-bond donors (Lipinski definition) is 1. The lowest BCUT2D eigenvalue weighted by atomic mass is 10.0. The van der Waals surface area contributed by atoms with Crippen LogP contribution in [0.2, 0.25) is 0 Å². The van der Waals surface area contributed by atoms with Gasteiger partial charge in [-0.3, -0.25) is 5.41 Å². The van der Waals surface area contributed by atoms with Crippen molar-refractivity contribution in [3.8, 4) is 11.1 Å². The fraction of sp³-hybridized carbons (Fsp3) is 0.0714. The molecular weight excluding hydrogens is 198 g/mol. The van der Waals surface area contributed by atoms with Gasteiger partial charge in [0.1, 0.15) is 0 Å². The molecule has 0 aliphatic heterocycles. The number of benzene rings is 2. The summed E-state index contributed by atoms with van der Waals surface area (Å²) in [5.74, 6) is 0.194. The summed E-state index contributed by atoms with van der Waals surface area (Å²) in [5, 5.41) is 7.53. The molecule has 0 saturated heterocycles. The third-order valence-electron chi connectivity index (χ3n) is 2.46. The number of nitrogens with one attached hydrogen (secondary N) is 1. The fourth-order valence-corrected chi connectivity index (χ4v) is 1.56. The highest BCUT2D eigenvalue weighted by Gasteiger charge is 2.01. The summed E-state index contributed by atoms with van der Waals surface area (Å²) in [6.07, 6.45) is 0. The molecule has 2 aromatic rings. The van der Waals surface area contributed by atoms with Crippen molar-refractivity contribution in [2.45, 2.75) is 0 Å². The topological polar surface area (TPSA) is 33.1 Å². The summed E-state index contributed by atoms with van der Waals surface area (Å²) in [7, 11) is 1.51. The van der Waals surface area contributed by atoms with Crippen LogP contribution in [-0.4, -0.2) is 13.0 Å². The molecule has 80 valence electrons. The standard InChI is InChI=1S/C14H13NO/c1-16-14(15)13-9-7-12(8-10-13)11-5-3-2-4-6-11/h2-10,15H,1H3. The molecule has 0 bridgehead atoms. The Kier molecular flexibility index (Phi) is 3.01. The quantitative estimate of drug-likeness (QED) is 0.600. The summed E-state index contributed by atoms with van der Waals surface area (Å²) in [6.45, 7) is 0. The minimum atomic E-state index is 0.194. The van der Waals surface area contributed by atoms with E-state index in [2.05, 4.69) is 12.1 Å². The van der Waals surface area contributed by atoms with Gasteiger partial charge >= 0.3 is 0 Å². The largest absolute Gasteiger partial charge is 0.481 e. The van der Waals surface area contributed by atoms with E-state index in [0.717, 1.165) is 11.1 Å². The second-order valence-electron chi connectivity index (χ2n) is 3.48. The van der Waals surface area contributed by atoms with Crippen LogP contribution in [0.5, 0.6) is 0 Å². The Labute approximate surface area is 95.0 Å². The van der Waals surface area contributed by atoms with Crippen molar-refractivity contribution in [3.05, 3.63) is 60.2 Å². The monoisotopic (exact) mass is 211 g/mol. The second kappa shape index (κ2) is 4.62. The molecule has 2 nitrogen and oxygen atoms in total. The average molecular weight is 211 g/mol. The van der Waals surface area contributed by atoms with Gasteiger partial charge in [-0.1, -0.05) is 42.5 Å². The van der Waals surface area contributed by atoms with E-state index >= 15 is 0 Å². The van der Waals surface area contributed by atoms with Crippen LogP contribution < -0.4 is 0 Å². The first-order valence-corrected chi connectivity index (χ1v) is 5.09. The van der Waals surface area contributed by atoms with Crippen LogP contribution in [0.1, 0.15) is 5.56 Å². The molecule has 0 aliphatic rings. The van der Waals surface area contributed by atoms with Crippen molar-refractivity contribution in [1.29, 1.82) is 5.41 Å². The third kappa shape index (κ3) is 2.11. The van der Waals surface area contributed by atoms with Crippen LogP contribution in [0.25, 0.3) is 11.1 Å². The second-order valence-corrected chi connectivity index (χ2v) is 3.48. The first kappa shape index (κ1) is 10.4. The summed E-state index contributed by atoms with van der Waals surface area (Å²) in [6, 6.07) is 17.9. The highest BCUT2D eigenvalue weighted by molar-refractivity contribution is 5.92. The predicted molar refractivity (Wildman–Crippen MR) is 65.7 cm³/mol. The summed E-state index contributed by atoms with van der Waals surface area (Å²) in [4.78, 5) is 0. The molecular formula is C14H13NO. The lowest BCUT2D eigenvalue weighted by Crippen LogP contribution is -2.00. The molecule has 0 fully saturated rings. The van der Waals surface area contributed by atoms with E-state index in [1.807, 2.05) is 42.5 Å². The van der Waals surface area contributed by atoms with Gasteiger partial charge in [0, 0.05) is 5.56 Å². The van der Waals surface area contributed by atoms with Crippen molar-refractivity contribution in [2.75, 3.05) is 7.11 Å². The molecule has 0 radical (unpaired) electrons. The zero-order chi connectivity index (χ0) is 11.4. The van der Waals surface area contributed by atoms with Crippen LogP contribution in [0.15, 0.2) is 54.6 Å². The van der Waals surface area contributed by atoms with E-state index in [0.29, 0.717) is 0 Å². The first-order valence-electron chi connectivity index (χ1n) is 5.09. The van der Waals surface area contributed by atoms with Gasteiger partial charge in [0.2, 0.25) is 5.90 Å². The number of methoxy groups -OCH3 is 1. The van der Waals surface area contributed by atoms with Gasteiger partial charge < -0.3 is 4.74 Å². The maximum atomic E-state index is 7.53. The molecule has 0 aliphatic carbocycles. The molecule has 0 saturated carbocycles. The van der Waals surface area contributed by atoms with E-state index in [1.165, 1.54) is 12.7 Å². The Hall–Kier alpha value is -2.09. The maximum Gasteiger partial charge on any atom is 0.212 e. The molecule has 0 amide bonds. The maximum absolute atomic E-state index is 7.53. The van der Waals surface area contributed by atoms with Crippen LogP contribution in [0.4, 0.5) is 0 Å².